The van der Waals surface area contributed by atoms with Crippen molar-refractivity contribution in [2.24, 2.45) is 5.73 Å². The van der Waals surface area contributed by atoms with E-state index in [2.05, 4.69) is 12.2 Å². The summed E-state index contributed by atoms with van der Waals surface area (Å²) in [5.74, 6) is 0.709. The lowest BCUT2D eigenvalue weighted by Crippen LogP contribution is -2.33. The molecule has 0 aromatic rings. The Balaban J connectivity index is 3.45. The van der Waals surface area contributed by atoms with Crippen molar-refractivity contribution in [1.82, 2.24) is 5.32 Å². The molecule has 0 aliphatic heterocycles. The zero-order valence-electron chi connectivity index (χ0n) is 8.86. The second-order valence-electron chi connectivity index (χ2n) is 3.03. The fraction of sp³-hybridized carbons (Fsp3) is 0.778. The van der Waals surface area contributed by atoms with Gasteiger partial charge in [0.15, 0.2) is 0 Å². The van der Waals surface area contributed by atoms with E-state index in [0.29, 0.717) is 6.54 Å². The molecule has 0 aromatic carbocycles. The highest BCUT2D eigenvalue weighted by molar-refractivity contribution is 7.99. The smallest absolute Gasteiger partial charge is 0.320 e. The van der Waals surface area contributed by atoms with Crippen molar-refractivity contribution in [3.63, 3.8) is 0 Å². The molecule has 0 aliphatic rings. The van der Waals surface area contributed by atoms with Gasteiger partial charge in [-0.05, 0) is 12.2 Å². The number of carbonyl (C=O) groups excluding carboxylic acids is 1. The molecule has 88 valence electrons. The van der Waals surface area contributed by atoms with Gasteiger partial charge >= 0.3 is 5.97 Å². The zero-order chi connectivity index (χ0) is 11.7. The van der Waals surface area contributed by atoms with E-state index in [1.807, 2.05) is 0 Å². The standard InChI is InChI=1S/C9H18N2O3S/c1-2-15-6-5-11-8(12)4-3-7(10)9(13)14/h7H,2-6,10H2,1H3,(H,11,12)(H,13,14)/t7-/m0/s1. The molecule has 0 bridgehead atoms. The van der Waals surface area contributed by atoms with Gasteiger partial charge < -0.3 is 16.2 Å². The van der Waals surface area contributed by atoms with Crippen molar-refractivity contribution in [2.45, 2.75) is 25.8 Å². The van der Waals surface area contributed by atoms with Crippen LogP contribution < -0.4 is 11.1 Å². The van der Waals surface area contributed by atoms with Crippen molar-refractivity contribution in [3.8, 4) is 0 Å². The van der Waals surface area contributed by atoms with Gasteiger partial charge in [-0.3, -0.25) is 9.59 Å². The summed E-state index contributed by atoms with van der Waals surface area (Å²) in [5, 5.41) is 11.2. The minimum Gasteiger partial charge on any atom is -0.480 e. The molecule has 0 saturated carbocycles. The molecule has 4 N–H and O–H groups in total. The molecule has 0 aliphatic carbocycles. The Morgan fingerprint density at radius 2 is 2.20 bits per heavy atom. The van der Waals surface area contributed by atoms with Crippen molar-refractivity contribution in [3.05, 3.63) is 0 Å². The fourth-order valence-electron chi connectivity index (χ4n) is 0.905. The van der Waals surface area contributed by atoms with E-state index < -0.39 is 12.0 Å². The van der Waals surface area contributed by atoms with Gasteiger partial charge in [0.1, 0.15) is 6.04 Å². The van der Waals surface area contributed by atoms with Crippen LogP contribution in [0.3, 0.4) is 0 Å². The summed E-state index contributed by atoms with van der Waals surface area (Å²) >= 11 is 1.75. The highest BCUT2D eigenvalue weighted by Crippen LogP contribution is 1.97. The third-order valence-electron chi connectivity index (χ3n) is 1.77. The van der Waals surface area contributed by atoms with Crippen LogP contribution in [0.15, 0.2) is 0 Å². The Kier molecular flexibility index (Phi) is 8.12. The lowest BCUT2D eigenvalue weighted by atomic mass is 10.1. The van der Waals surface area contributed by atoms with E-state index >= 15 is 0 Å². The third kappa shape index (κ3) is 8.26. The Labute approximate surface area is 93.8 Å². The first-order chi connectivity index (χ1) is 7.07. The number of amides is 1. The summed E-state index contributed by atoms with van der Waals surface area (Å²) < 4.78 is 0. The van der Waals surface area contributed by atoms with E-state index in [0.717, 1.165) is 11.5 Å². The fourth-order valence-corrected chi connectivity index (χ4v) is 1.44. The highest BCUT2D eigenvalue weighted by Gasteiger charge is 2.12. The number of thioether (sulfide) groups is 1. The molecular formula is C9H18N2O3S. The molecule has 0 spiro atoms. The molecule has 0 aromatic heterocycles. The van der Waals surface area contributed by atoms with Crippen LogP contribution in [0, 0.1) is 0 Å². The maximum atomic E-state index is 11.2. The van der Waals surface area contributed by atoms with Crippen LogP contribution in [0.25, 0.3) is 0 Å². The summed E-state index contributed by atoms with van der Waals surface area (Å²) in [5.41, 5.74) is 5.26. The van der Waals surface area contributed by atoms with Crippen LogP contribution in [0.1, 0.15) is 19.8 Å². The molecule has 0 radical (unpaired) electrons. The molecule has 0 fully saturated rings. The van der Waals surface area contributed by atoms with Gasteiger partial charge in [-0.25, -0.2) is 0 Å². The van der Waals surface area contributed by atoms with Gasteiger partial charge in [-0.15, -0.1) is 0 Å². The van der Waals surface area contributed by atoms with Gasteiger partial charge in [-0.1, -0.05) is 6.92 Å². The average Bonchev–Trinajstić information content (AvgIpc) is 2.20. The predicted octanol–water partition coefficient (Wildman–Crippen LogP) is 0.0478. The van der Waals surface area contributed by atoms with Gasteiger partial charge in [0.25, 0.3) is 0 Å². The predicted molar refractivity (Wildman–Crippen MR) is 60.9 cm³/mol. The minimum atomic E-state index is -1.07. The highest BCUT2D eigenvalue weighted by atomic mass is 32.2. The molecular weight excluding hydrogens is 216 g/mol. The summed E-state index contributed by atoms with van der Waals surface area (Å²) in [6.07, 6.45) is 0.354. The minimum absolute atomic E-state index is 0.136. The molecule has 5 nitrogen and oxygen atoms in total. The van der Waals surface area contributed by atoms with E-state index in [1.54, 1.807) is 11.8 Å². The molecule has 0 rings (SSSR count). The van der Waals surface area contributed by atoms with E-state index in [4.69, 9.17) is 10.8 Å². The number of hydrogen-bond acceptors (Lipinski definition) is 4. The first-order valence-corrected chi connectivity index (χ1v) is 6.06. The molecule has 0 heterocycles. The number of carbonyl (C=O) groups is 2. The van der Waals surface area contributed by atoms with Crippen LogP contribution in [0.4, 0.5) is 0 Å². The number of rotatable bonds is 8. The van der Waals surface area contributed by atoms with Crippen LogP contribution in [0.5, 0.6) is 0 Å². The van der Waals surface area contributed by atoms with Gasteiger partial charge in [-0.2, -0.15) is 11.8 Å². The number of nitrogens with two attached hydrogens (primary N) is 1. The zero-order valence-corrected chi connectivity index (χ0v) is 9.68. The lowest BCUT2D eigenvalue weighted by Gasteiger charge is -2.06. The van der Waals surface area contributed by atoms with Crippen molar-refractivity contribution >= 4 is 23.6 Å². The number of hydrogen-bond donors (Lipinski definition) is 3. The molecule has 15 heavy (non-hydrogen) atoms. The van der Waals surface area contributed by atoms with Crippen LogP contribution in [0.2, 0.25) is 0 Å². The Hall–Kier alpha value is -0.750. The third-order valence-corrected chi connectivity index (χ3v) is 2.67. The van der Waals surface area contributed by atoms with Crippen LogP contribution in [-0.2, 0) is 9.59 Å². The number of nitrogens with one attached hydrogen (secondary N) is 1. The maximum absolute atomic E-state index is 11.2. The molecule has 0 saturated heterocycles. The molecule has 0 unspecified atom stereocenters. The first-order valence-electron chi connectivity index (χ1n) is 4.90. The quantitative estimate of drug-likeness (QED) is 0.516. The second kappa shape index (κ2) is 8.55. The van der Waals surface area contributed by atoms with Crippen LogP contribution in [-0.4, -0.2) is 41.1 Å². The Bertz CT molecular complexity index is 212. The SMILES string of the molecule is CCSCCNC(=O)CC[C@H](N)C(=O)O. The lowest BCUT2D eigenvalue weighted by molar-refractivity contribution is -0.138. The summed E-state index contributed by atoms with van der Waals surface area (Å²) in [4.78, 5) is 21.5. The number of aliphatic carboxylic acids is 1. The number of carboxylic acids is 1. The normalized spacial score (nSPS) is 12.1. The Morgan fingerprint density at radius 1 is 1.53 bits per heavy atom. The van der Waals surface area contributed by atoms with E-state index in [1.165, 1.54) is 0 Å². The topological polar surface area (TPSA) is 92.4 Å². The van der Waals surface area contributed by atoms with E-state index in [9.17, 15) is 9.59 Å². The Morgan fingerprint density at radius 3 is 2.73 bits per heavy atom. The molecule has 1 atom stereocenters. The molecule has 1 amide bonds. The summed E-state index contributed by atoms with van der Waals surface area (Å²) in [6, 6.07) is -0.944. The van der Waals surface area contributed by atoms with Gasteiger partial charge in [0, 0.05) is 18.7 Å². The van der Waals surface area contributed by atoms with Gasteiger partial charge in [0.05, 0.1) is 0 Å². The van der Waals surface area contributed by atoms with Crippen molar-refractivity contribution in [2.75, 3.05) is 18.1 Å². The van der Waals surface area contributed by atoms with E-state index in [-0.39, 0.29) is 18.7 Å². The molecule has 6 heteroatoms. The summed E-state index contributed by atoms with van der Waals surface area (Å²) in [6.45, 7) is 2.68. The monoisotopic (exact) mass is 234 g/mol. The van der Waals surface area contributed by atoms with Crippen molar-refractivity contribution in [1.29, 1.82) is 0 Å². The first kappa shape index (κ1) is 14.2. The maximum Gasteiger partial charge on any atom is 0.320 e. The second-order valence-corrected chi connectivity index (χ2v) is 4.42. The average molecular weight is 234 g/mol. The largest absolute Gasteiger partial charge is 0.480 e. The van der Waals surface area contributed by atoms with Crippen LogP contribution >= 0.6 is 11.8 Å². The number of carboxylic acid groups (broad SMARTS) is 1. The van der Waals surface area contributed by atoms with Gasteiger partial charge in [0.2, 0.25) is 5.91 Å². The van der Waals surface area contributed by atoms with Crippen molar-refractivity contribution < 1.29 is 14.7 Å². The summed E-state index contributed by atoms with van der Waals surface area (Å²) in [7, 11) is 0.